The maximum Gasteiger partial charge on any atom is 0.490 e. The lowest BCUT2D eigenvalue weighted by atomic mass is 9.97. The van der Waals surface area contributed by atoms with Gasteiger partial charge in [0, 0.05) is 23.6 Å². The van der Waals surface area contributed by atoms with Crippen molar-refractivity contribution in [3.05, 3.63) is 64.8 Å². The van der Waals surface area contributed by atoms with Crippen LogP contribution in [0.15, 0.2) is 48.7 Å². The second-order valence-corrected chi connectivity index (χ2v) is 10.3. The molecule has 2 aliphatic heterocycles. The fourth-order valence-corrected chi connectivity index (χ4v) is 4.31. The summed E-state index contributed by atoms with van der Waals surface area (Å²) < 4.78 is 63.5. The first kappa shape index (κ1) is 35.8. The lowest BCUT2D eigenvalue weighted by Gasteiger charge is -2.23. The monoisotopic (exact) mass is 676 g/mol. The number of amides is 1. The van der Waals surface area contributed by atoms with Crippen molar-refractivity contribution in [1.82, 2.24) is 15.3 Å². The second kappa shape index (κ2) is 15.6. The number of alkyl halides is 6. The van der Waals surface area contributed by atoms with Crippen molar-refractivity contribution in [1.29, 1.82) is 0 Å². The molecule has 1 atom stereocenters. The zero-order valence-electron chi connectivity index (χ0n) is 23.6. The number of carbonyl (C=O) groups excluding carboxylic acids is 1. The number of benzene rings is 2. The number of anilines is 5. The van der Waals surface area contributed by atoms with Crippen molar-refractivity contribution < 1.29 is 50.9 Å². The summed E-state index contributed by atoms with van der Waals surface area (Å²) in [7, 11) is 0. The van der Waals surface area contributed by atoms with E-state index in [1.807, 2.05) is 24.3 Å². The summed E-state index contributed by atoms with van der Waals surface area (Å²) in [5, 5.41) is 27.7. The van der Waals surface area contributed by atoms with E-state index in [-0.39, 0.29) is 11.8 Å². The lowest BCUT2D eigenvalue weighted by molar-refractivity contribution is -0.193. The van der Waals surface area contributed by atoms with E-state index in [0.717, 1.165) is 61.4 Å². The molecule has 248 valence electrons. The summed E-state index contributed by atoms with van der Waals surface area (Å²) in [6, 6.07) is 14.1. The van der Waals surface area contributed by atoms with Crippen LogP contribution in [0.3, 0.4) is 0 Å². The summed E-state index contributed by atoms with van der Waals surface area (Å²) in [4.78, 5) is 39.5. The van der Waals surface area contributed by atoms with Crippen molar-refractivity contribution in [2.24, 2.45) is 5.92 Å². The Labute approximate surface area is 262 Å². The average Bonchev–Trinajstić information content (AvgIpc) is 2.99. The molecule has 11 nitrogen and oxygen atoms in total. The number of aromatic nitrogens is 2. The van der Waals surface area contributed by atoms with Crippen LogP contribution in [0, 0.1) is 5.92 Å². The van der Waals surface area contributed by atoms with E-state index in [9.17, 15) is 31.1 Å². The standard InChI is InChI=1S/C24H25ClN6O.2C2HF3O2/c25-20-14-27-24-29-18-5-1-3-15(11-18)6-7-16-12-19(28-22(20)31-24)8-9-21(16)30-23(32)17-4-2-10-26-13-17;2*3-2(4,5)1(6)7/h1,3,5,8-9,11-12,14,17,26H,2,4,6-7,10,13H2,(H,30,32)(H2,27,28,29,31);2*(H,6,7). The molecule has 0 spiro atoms. The number of aliphatic carboxylic acids is 2. The Morgan fingerprint density at radius 1 is 0.913 bits per heavy atom. The SMILES string of the molecule is O=C(Nc1ccc2cc1CCc1cccc(c1)Nc1ncc(Cl)c(n1)N2)C1CCCNC1.O=C(O)C(F)(F)F.O=C(O)C(F)(F)F. The first-order valence-corrected chi connectivity index (χ1v) is 13.8. The molecule has 18 heteroatoms. The molecule has 6 bridgehead atoms. The van der Waals surface area contributed by atoms with Gasteiger partial charge in [0.1, 0.15) is 5.02 Å². The summed E-state index contributed by atoms with van der Waals surface area (Å²) in [6.45, 7) is 1.71. The number of nitrogens with zero attached hydrogens (tertiary/aromatic N) is 2. The Hall–Kier alpha value is -4.64. The van der Waals surface area contributed by atoms with Gasteiger partial charge in [-0.2, -0.15) is 31.3 Å². The van der Waals surface area contributed by atoms with E-state index in [4.69, 9.17) is 31.4 Å². The number of carboxylic acid groups (broad SMARTS) is 2. The summed E-state index contributed by atoms with van der Waals surface area (Å²) >= 11 is 6.34. The number of halogens is 7. The van der Waals surface area contributed by atoms with Crippen LogP contribution < -0.4 is 21.3 Å². The van der Waals surface area contributed by atoms with Gasteiger partial charge in [-0.25, -0.2) is 14.6 Å². The van der Waals surface area contributed by atoms with Gasteiger partial charge in [-0.05, 0) is 73.7 Å². The van der Waals surface area contributed by atoms with Gasteiger partial charge in [-0.15, -0.1) is 0 Å². The van der Waals surface area contributed by atoms with Crippen molar-refractivity contribution in [2.45, 2.75) is 38.0 Å². The number of carboxylic acids is 2. The van der Waals surface area contributed by atoms with Crippen LogP contribution in [0.2, 0.25) is 5.02 Å². The van der Waals surface area contributed by atoms with E-state index < -0.39 is 24.3 Å². The number of nitrogens with one attached hydrogen (secondary N) is 4. The highest BCUT2D eigenvalue weighted by Gasteiger charge is 2.38. The predicted octanol–water partition coefficient (Wildman–Crippen LogP) is 5.92. The number of aryl methyl sites for hydroxylation is 2. The molecule has 0 aliphatic carbocycles. The second-order valence-electron chi connectivity index (χ2n) is 9.85. The molecular formula is C28H27ClF6N6O5. The summed E-state index contributed by atoms with van der Waals surface area (Å²) in [6.07, 6.45) is -5.01. The third kappa shape index (κ3) is 11.1. The fourth-order valence-electron chi connectivity index (χ4n) is 4.18. The number of hydrogen-bond donors (Lipinski definition) is 6. The molecule has 2 aromatic carbocycles. The number of carbonyl (C=O) groups is 3. The van der Waals surface area contributed by atoms with Crippen LogP contribution in [0.25, 0.3) is 0 Å². The summed E-state index contributed by atoms with van der Waals surface area (Å²) in [5.74, 6) is -4.44. The molecule has 0 radical (unpaired) electrons. The Morgan fingerprint density at radius 3 is 2.17 bits per heavy atom. The minimum absolute atomic E-state index is 0.00418. The van der Waals surface area contributed by atoms with Gasteiger partial charge in [-0.1, -0.05) is 23.7 Å². The Morgan fingerprint density at radius 2 is 1.57 bits per heavy atom. The average molecular weight is 677 g/mol. The van der Waals surface area contributed by atoms with Crippen LogP contribution in [-0.4, -0.2) is 63.5 Å². The molecule has 2 aliphatic rings. The normalized spacial score (nSPS) is 15.7. The quantitative estimate of drug-likeness (QED) is 0.180. The highest BCUT2D eigenvalue weighted by Crippen LogP contribution is 2.30. The molecule has 1 unspecified atom stereocenters. The third-order valence-corrected chi connectivity index (χ3v) is 6.67. The van der Waals surface area contributed by atoms with Crippen LogP contribution in [0.4, 0.5) is 55.2 Å². The largest absolute Gasteiger partial charge is 0.490 e. The van der Waals surface area contributed by atoms with Crippen LogP contribution >= 0.6 is 11.6 Å². The van der Waals surface area contributed by atoms with E-state index in [1.54, 1.807) is 6.20 Å². The maximum absolute atomic E-state index is 12.9. The highest BCUT2D eigenvalue weighted by molar-refractivity contribution is 6.32. The number of piperidine rings is 1. The topological polar surface area (TPSA) is 166 Å². The van der Waals surface area contributed by atoms with Crippen molar-refractivity contribution in [2.75, 3.05) is 29.0 Å². The molecule has 1 amide bonds. The zero-order chi connectivity index (χ0) is 34.1. The van der Waals surface area contributed by atoms with Crippen LogP contribution in [0.1, 0.15) is 24.0 Å². The van der Waals surface area contributed by atoms with Gasteiger partial charge in [0.15, 0.2) is 5.82 Å². The van der Waals surface area contributed by atoms with E-state index >= 15 is 0 Å². The van der Waals surface area contributed by atoms with Gasteiger partial charge in [-0.3, -0.25) is 4.79 Å². The number of fused-ring (bicyclic) bond motifs is 6. The van der Waals surface area contributed by atoms with Gasteiger partial charge in [0.05, 0.1) is 12.1 Å². The molecule has 1 saturated heterocycles. The molecule has 1 aromatic heterocycles. The molecule has 3 heterocycles. The molecule has 5 rings (SSSR count). The third-order valence-electron chi connectivity index (χ3n) is 6.39. The van der Waals surface area contributed by atoms with Crippen molar-refractivity contribution >= 4 is 58.3 Å². The molecule has 6 N–H and O–H groups in total. The van der Waals surface area contributed by atoms with E-state index in [2.05, 4.69) is 49.4 Å². The smallest absolute Gasteiger partial charge is 0.475 e. The van der Waals surface area contributed by atoms with Crippen LogP contribution in [-0.2, 0) is 27.2 Å². The number of rotatable bonds is 2. The maximum atomic E-state index is 12.9. The van der Waals surface area contributed by atoms with E-state index in [1.165, 1.54) is 5.56 Å². The minimum Gasteiger partial charge on any atom is -0.475 e. The molecule has 0 saturated carbocycles. The summed E-state index contributed by atoms with van der Waals surface area (Å²) in [5.41, 5.74) is 4.88. The van der Waals surface area contributed by atoms with Crippen molar-refractivity contribution in [3.63, 3.8) is 0 Å². The Bertz CT molecular complexity index is 1530. The van der Waals surface area contributed by atoms with Gasteiger partial charge in [0.2, 0.25) is 11.9 Å². The molecule has 46 heavy (non-hydrogen) atoms. The van der Waals surface area contributed by atoms with E-state index in [0.29, 0.717) is 16.8 Å². The van der Waals surface area contributed by atoms with Gasteiger partial charge >= 0.3 is 24.3 Å². The fraction of sp³-hybridized carbons (Fsp3) is 0.321. The first-order valence-electron chi connectivity index (χ1n) is 13.4. The Balaban J connectivity index is 0.000000345. The molecule has 3 aromatic rings. The van der Waals surface area contributed by atoms with Crippen LogP contribution in [0.5, 0.6) is 0 Å². The molecule has 1 fully saturated rings. The van der Waals surface area contributed by atoms with Gasteiger partial charge < -0.3 is 31.5 Å². The van der Waals surface area contributed by atoms with Crippen molar-refractivity contribution in [3.8, 4) is 0 Å². The first-order chi connectivity index (χ1) is 21.5. The lowest BCUT2D eigenvalue weighted by Crippen LogP contribution is -2.37. The minimum atomic E-state index is -5.08. The predicted molar refractivity (Wildman–Crippen MR) is 156 cm³/mol. The highest BCUT2D eigenvalue weighted by atomic mass is 35.5. The zero-order valence-corrected chi connectivity index (χ0v) is 24.4. The Kier molecular flexibility index (Phi) is 12.1. The molecular weight excluding hydrogens is 650 g/mol. The number of hydrogen-bond acceptors (Lipinski definition) is 8. The van der Waals surface area contributed by atoms with Gasteiger partial charge in [0.25, 0.3) is 0 Å².